The van der Waals surface area contributed by atoms with E-state index >= 15 is 0 Å². The summed E-state index contributed by atoms with van der Waals surface area (Å²) in [6.07, 6.45) is 7.53. The molecule has 0 fully saturated rings. The molecule has 0 bridgehead atoms. The van der Waals surface area contributed by atoms with E-state index in [4.69, 9.17) is 21.1 Å². The smallest absolute Gasteiger partial charge is 0.179 e. The Balaban J connectivity index is 0.00000225. The van der Waals surface area contributed by atoms with Gasteiger partial charge >= 0.3 is 0 Å². The second-order valence-corrected chi connectivity index (χ2v) is 6.68. The zero-order valence-electron chi connectivity index (χ0n) is 14.8. The lowest BCUT2D eigenvalue weighted by molar-refractivity contribution is -0.688. The van der Waals surface area contributed by atoms with E-state index in [-0.39, 0.29) is 12.4 Å². The van der Waals surface area contributed by atoms with Crippen molar-refractivity contribution in [3.63, 3.8) is 0 Å². The van der Waals surface area contributed by atoms with Crippen LogP contribution in [0.15, 0.2) is 36.7 Å². The molecule has 136 valence electrons. The third-order valence-electron chi connectivity index (χ3n) is 4.60. The number of benzene rings is 1. The maximum Gasteiger partial charge on any atom is 0.179 e. The minimum Gasteiger partial charge on any atom is -1.00 e. The Bertz CT molecular complexity index is 685. The average molecular weight is 382 g/mol. The summed E-state index contributed by atoms with van der Waals surface area (Å²) >= 11 is 6.38. The van der Waals surface area contributed by atoms with Crippen molar-refractivity contribution >= 4 is 11.6 Å². The molecule has 1 aliphatic rings. The van der Waals surface area contributed by atoms with Gasteiger partial charge in [0, 0.05) is 24.1 Å². The third kappa shape index (κ3) is 4.80. The average Bonchev–Trinajstić information content (AvgIpc) is 2.83. The molecule has 0 saturated carbocycles. The van der Waals surface area contributed by atoms with Crippen molar-refractivity contribution in [2.24, 2.45) is 0 Å². The van der Waals surface area contributed by atoms with Crippen LogP contribution < -0.4 is 26.4 Å². The molecule has 0 N–H and O–H groups in total. The van der Waals surface area contributed by atoms with E-state index in [9.17, 15) is 0 Å². The molecule has 3 rings (SSSR count). The molecule has 0 saturated heterocycles. The predicted octanol–water partition coefficient (Wildman–Crippen LogP) is 1.74. The first kappa shape index (κ1) is 19.9. The highest BCUT2D eigenvalue weighted by atomic mass is 35.5. The van der Waals surface area contributed by atoms with Crippen molar-refractivity contribution in [3.8, 4) is 11.5 Å². The molecule has 0 unspecified atom stereocenters. The number of hydrogen-bond acceptors (Lipinski definition) is 2. The van der Waals surface area contributed by atoms with Crippen LogP contribution in [0.5, 0.6) is 11.5 Å². The van der Waals surface area contributed by atoms with E-state index in [1.807, 2.05) is 12.1 Å². The Morgan fingerprint density at radius 1 is 1.08 bits per heavy atom. The van der Waals surface area contributed by atoms with Crippen molar-refractivity contribution in [1.82, 2.24) is 0 Å². The highest BCUT2D eigenvalue weighted by Crippen LogP contribution is 2.37. The predicted molar refractivity (Wildman–Crippen MR) is 96.1 cm³/mol. The fourth-order valence-electron chi connectivity index (χ4n) is 3.19. The van der Waals surface area contributed by atoms with Gasteiger partial charge in [-0.2, -0.15) is 0 Å². The minimum atomic E-state index is 0. The summed E-state index contributed by atoms with van der Waals surface area (Å²) in [5.41, 5.74) is 2.53. The quantitative estimate of drug-likeness (QED) is 0.736. The van der Waals surface area contributed by atoms with Crippen molar-refractivity contribution in [2.75, 3.05) is 13.2 Å². The lowest BCUT2D eigenvalue weighted by Gasteiger charge is -2.12. The van der Waals surface area contributed by atoms with Crippen molar-refractivity contribution in [2.45, 2.75) is 45.6 Å². The molecule has 1 aromatic heterocycles. The zero-order chi connectivity index (χ0) is 16.9. The standard InChI is InChI=1S/C20H25ClNO2.ClH/c1-3-16(4-2)17-6-8-22(9-7-17)14-15-12-18(21)20-19(13-15)23-10-5-11-24-20;/h6-9,12-13,16H,3-5,10-11,14H2,1-2H3;1H/q+1;/p-1. The number of fused-ring (bicyclic) bond motifs is 1. The first-order valence-corrected chi connectivity index (χ1v) is 9.16. The molecular formula is C20H25Cl2NO2. The monoisotopic (exact) mass is 381 g/mol. The number of ether oxygens (including phenoxy) is 2. The number of halogens is 2. The summed E-state index contributed by atoms with van der Waals surface area (Å²) < 4.78 is 13.6. The van der Waals surface area contributed by atoms with Gasteiger partial charge in [-0.1, -0.05) is 25.4 Å². The van der Waals surface area contributed by atoms with Gasteiger partial charge in [0.15, 0.2) is 30.4 Å². The number of pyridine rings is 1. The fourth-order valence-corrected chi connectivity index (χ4v) is 3.48. The number of hydrogen-bond donors (Lipinski definition) is 0. The van der Waals surface area contributed by atoms with E-state index in [1.54, 1.807) is 0 Å². The van der Waals surface area contributed by atoms with Gasteiger partial charge in [0.2, 0.25) is 0 Å². The molecule has 2 heterocycles. The van der Waals surface area contributed by atoms with E-state index in [1.165, 1.54) is 18.4 Å². The molecule has 3 nitrogen and oxygen atoms in total. The van der Waals surface area contributed by atoms with Crippen LogP contribution in [-0.2, 0) is 6.54 Å². The second-order valence-electron chi connectivity index (χ2n) is 6.27. The molecular weight excluding hydrogens is 357 g/mol. The van der Waals surface area contributed by atoms with Gasteiger partial charge < -0.3 is 21.9 Å². The maximum atomic E-state index is 6.38. The molecule has 0 aliphatic carbocycles. The van der Waals surface area contributed by atoms with Crippen LogP contribution in [0.4, 0.5) is 0 Å². The fraction of sp³-hybridized carbons (Fsp3) is 0.450. The Labute approximate surface area is 161 Å². The molecule has 0 amide bonds. The Kier molecular flexibility index (Phi) is 7.39. The Morgan fingerprint density at radius 3 is 2.44 bits per heavy atom. The molecule has 5 heteroatoms. The van der Waals surface area contributed by atoms with E-state index in [2.05, 4.69) is 42.9 Å². The summed E-state index contributed by atoms with van der Waals surface area (Å²) in [7, 11) is 0. The normalized spacial score (nSPS) is 13.3. The van der Waals surface area contributed by atoms with Crippen LogP contribution in [0.2, 0.25) is 5.02 Å². The second kappa shape index (κ2) is 9.30. The maximum absolute atomic E-state index is 6.38. The van der Waals surface area contributed by atoms with Crippen LogP contribution >= 0.6 is 11.6 Å². The third-order valence-corrected chi connectivity index (χ3v) is 4.88. The van der Waals surface area contributed by atoms with Gasteiger partial charge in [0.25, 0.3) is 0 Å². The molecule has 0 spiro atoms. The summed E-state index contributed by atoms with van der Waals surface area (Å²) in [6, 6.07) is 8.45. The molecule has 2 aromatic rings. The largest absolute Gasteiger partial charge is 1.00 e. The van der Waals surface area contributed by atoms with Crippen LogP contribution in [0.3, 0.4) is 0 Å². The number of rotatable bonds is 5. The minimum absolute atomic E-state index is 0. The number of nitrogens with zero attached hydrogens (tertiary/aromatic N) is 1. The van der Waals surface area contributed by atoms with Gasteiger partial charge in [-0.25, -0.2) is 4.57 Å². The van der Waals surface area contributed by atoms with Crippen LogP contribution in [0.1, 0.15) is 50.2 Å². The number of aromatic nitrogens is 1. The van der Waals surface area contributed by atoms with Crippen molar-refractivity contribution in [1.29, 1.82) is 0 Å². The molecule has 25 heavy (non-hydrogen) atoms. The first-order valence-electron chi connectivity index (χ1n) is 8.78. The lowest BCUT2D eigenvalue weighted by Crippen LogP contribution is -3.00. The van der Waals surface area contributed by atoms with E-state index in [0.29, 0.717) is 29.9 Å². The van der Waals surface area contributed by atoms with Gasteiger partial charge in [-0.05, 0) is 36.5 Å². The summed E-state index contributed by atoms with van der Waals surface area (Å²) in [5.74, 6) is 2.07. The summed E-state index contributed by atoms with van der Waals surface area (Å²) in [5, 5.41) is 0.624. The Hall–Kier alpha value is -1.45. The van der Waals surface area contributed by atoms with Gasteiger partial charge in [-0.15, -0.1) is 0 Å². The highest BCUT2D eigenvalue weighted by Gasteiger charge is 2.17. The van der Waals surface area contributed by atoms with Crippen LogP contribution in [-0.4, -0.2) is 13.2 Å². The highest BCUT2D eigenvalue weighted by molar-refractivity contribution is 6.32. The molecule has 0 radical (unpaired) electrons. The summed E-state index contributed by atoms with van der Waals surface area (Å²) in [4.78, 5) is 0. The molecule has 1 aliphatic heterocycles. The lowest BCUT2D eigenvalue weighted by atomic mass is 9.95. The van der Waals surface area contributed by atoms with E-state index < -0.39 is 0 Å². The van der Waals surface area contributed by atoms with Crippen molar-refractivity contribution in [3.05, 3.63) is 52.8 Å². The molecule has 0 atom stereocenters. The van der Waals surface area contributed by atoms with Crippen molar-refractivity contribution < 1.29 is 26.4 Å². The SMILES string of the molecule is CCC(CC)c1cc[n+](Cc2cc(Cl)c3c(c2)OCCCO3)cc1.[Cl-]. The van der Waals surface area contributed by atoms with Gasteiger partial charge in [0.1, 0.15) is 0 Å². The van der Waals surface area contributed by atoms with Gasteiger partial charge in [-0.3, -0.25) is 0 Å². The Morgan fingerprint density at radius 2 is 1.76 bits per heavy atom. The molecule has 1 aromatic carbocycles. The topological polar surface area (TPSA) is 22.3 Å². The van der Waals surface area contributed by atoms with Crippen LogP contribution in [0, 0.1) is 0 Å². The van der Waals surface area contributed by atoms with Crippen LogP contribution in [0.25, 0.3) is 0 Å². The van der Waals surface area contributed by atoms with E-state index in [0.717, 1.165) is 24.3 Å². The zero-order valence-corrected chi connectivity index (χ0v) is 16.3. The summed E-state index contributed by atoms with van der Waals surface area (Å²) in [6.45, 7) is 6.58. The van der Waals surface area contributed by atoms with Gasteiger partial charge in [0.05, 0.1) is 18.2 Å². The first-order chi connectivity index (χ1) is 11.7.